The van der Waals surface area contributed by atoms with E-state index in [0.29, 0.717) is 0 Å². The standard InChI is InChI=1S/C15H18FN3O2S/c1-10(21-13-6-4-3-5-12(13)16)9-18-15(20)19-11(2)14-17-7-8-22-14/h3-8,10-11H,9H2,1-2H3,(H2,18,19,20). The number of hydrogen-bond donors (Lipinski definition) is 2. The first kappa shape index (κ1) is 16.2. The first-order valence-corrected chi connectivity index (χ1v) is 7.79. The number of urea groups is 1. The van der Waals surface area contributed by atoms with E-state index in [1.807, 2.05) is 12.3 Å². The van der Waals surface area contributed by atoms with Crippen LogP contribution in [0.2, 0.25) is 0 Å². The van der Waals surface area contributed by atoms with E-state index in [0.717, 1.165) is 5.01 Å². The van der Waals surface area contributed by atoms with Crippen molar-refractivity contribution in [1.29, 1.82) is 0 Å². The Kier molecular flexibility index (Phi) is 5.71. The zero-order valence-electron chi connectivity index (χ0n) is 12.4. The summed E-state index contributed by atoms with van der Waals surface area (Å²) in [6, 6.07) is 5.70. The van der Waals surface area contributed by atoms with Crippen molar-refractivity contribution in [2.75, 3.05) is 6.54 Å². The highest BCUT2D eigenvalue weighted by atomic mass is 32.1. The minimum absolute atomic E-state index is 0.164. The number of nitrogens with one attached hydrogen (secondary N) is 2. The van der Waals surface area contributed by atoms with Crippen LogP contribution in [0.4, 0.5) is 9.18 Å². The summed E-state index contributed by atoms with van der Waals surface area (Å²) in [7, 11) is 0. The van der Waals surface area contributed by atoms with Gasteiger partial charge in [-0.05, 0) is 26.0 Å². The minimum Gasteiger partial charge on any atom is -0.486 e. The Morgan fingerprint density at radius 1 is 1.41 bits per heavy atom. The molecule has 0 bridgehead atoms. The lowest BCUT2D eigenvalue weighted by Crippen LogP contribution is -2.41. The molecule has 5 nitrogen and oxygen atoms in total. The molecule has 0 spiro atoms. The zero-order chi connectivity index (χ0) is 15.9. The number of rotatable bonds is 6. The maximum atomic E-state index is 13.4. The molecule has 1 heterocycles. The Bertz CT molecular complexity index is 607. The highest BCUT2D eigenvalue weighted by molar-refractivity contribution is 7.09. The summed E-state index contributed by atoms with van der Waals surface area (Å²) >= 11 is 1.48. The number of amides is 2. The fraction of sp³-hybridized carbons (Fsp3) is 0.333. The normalized spacial score (nSPS) is 13.2. The molecular formula is C15H18FN3O2S. The van der Waals surface area contributed by atoms with Gasteiger partial charge in [-0.25, -0.2) is 14.2 Å². The van der Waals surface area contributed by atoms with Gasteiger partial charge in [-0.3, -0.25) is 0 Å². The van der Waals surface area contributed by atoms with E-state index in [9.17, 15) is 9.18 Å². The van der Waals surface area contributed by atoms with Crippen LogP contribution < -0.4 is 15.4 Å². The van der Waals surface area contributed by atoms with Crippen LogP contribution in [0.1, 0.15) is 24.9 Å². The molecule has 2 atom stereocenters. The van der Waals surface area contributed by atoms with E-state index in [2.05, 4.69) is 15.6 Å². The summed E-state index contributed by atoms with van der Waals surface area (Å²) in [5, 5.41) is 8.17. The molecule has 2 aromatic rings. The molecule has 0 saturated heterocycles. The van der Waals surface area contributed by atoms with Gasteiger partial charge in [0.1, 0.15) is 11.1 Å². The van der Waals surface area contributed by atoms with E-state index >= 15 is 0 Å². The van der Waals surface area contributed by atoms with Crippen molar-refractivity contribution >= 4 is 17.4 Å². The molecule has 22 heavy (non-hydrogen) atoms. The predicted molar refractivity (Wildman–Crippen MR) is 83.6 cm³/mol. The highest BCUT2D eigenvalue weighted by Gasteiger charge is 2.13. The van der Waals surface area contributed by atoms with Crippen molar-refractivity contribution in [2.45, 2.75) is 26.0 Å². The molecule has 0 radical (unpaired) electrons. The topological polar surface area (TPSA) is 63.2 Å². The van der Waals surface area contributed by atoms with Crippen LogP contribution in [0, 0.1) is 5.82 Å². The smallest absolute Gasteiger partial charge is 0.315 e. The Morgan fingerprint density at radius 3 is 2.86 bits per heavy atom. The number of carbonyl (C=O) groups is 1. The average molecular weight is 323 g/mol. The number of ether oxygens (including phenoxy) is 1. The third-order valence-corrected chi connectivity index (χ3v) is 3.84. The Hall–Kier alpha value is -2.15. The van der Waals surface area contributed by atoms with Gasteiger partial charge in [-0.2, -0.15) is 0 Å². The van der Waals surface area contributed by atoms with E-state index in [-0.39, 0.29) is 30.5 Å². The fourth-order valence-electron chi connectivity index (χ4n) is 1.79. The third-order valence-electron chi connectivity index (χ3n) is 2.88. The Labute approximate surface area is 132 Å². The summed E-state index contributed by atoms with van der Waals surface area (Å²) < 4.78 is 18.9. The van der Waals surface area contributed by atoms with E-state index in [4.69, 9.17) is 4.74 Å². The molecule has 2 amide bonds. The van der Waals surface area contributed by atoms with Crippen LogP contribution >= 0.6 is 11.3 Å². The van der Waals surface area contributed by atoms with Gasteiger partial charge in [-0.15, -0.1) is 11.3 Å². The molecule has 0 aliphatic carbocycles. The molecule has 2 unspecified atom stereocenters. The van der Waals surface area contributed by atoms with Gasteiger partial charge in [0, 0.05) is 11.6 Å². The SMILES string of the molecule is CC(CNC(=O)NC(C)c1nccs1)Oc1ccccc1F. The van der Waals surface area contributed by atoms with E-state index in [1.165, 1.54) is 17.4 Å². The van der Waals surface area contributed by atoms with Crippen molar-refractivity contribution in [3.8, 4) is 5.75 Å². The molecule has 2 N–H and O–H groups in total. The summed E-state index contributed by atoms with van der Waals surface area (Å²) in [5.74, 6) is -0.246. The summed E-state index contributed by atoms with van der Waals surface area (Å²) in [4.78, 5) is 15.9. The average Bonchev–Trinajstić information content (AvgIpc) is 3.02. The number of benzene rings is 1. The molecule has 0 saturated carbocycles. The number of carbonyl (C=O) groups excluding carboxylic acids is 1. The number of thiazole rings is 1. The Balaban J connectivity index is 1.75. The van der Waals surface area contributed by atoms with Crippen molar-refractivity contribution in [1.82, 2.24) is 15.6 Å². The second-order valence-electron chi connectivity index (χ2n) is 4.81. The Morgan fingerprint density at radius 2 is 2.18 bits per heavy atom. The summed E-state index contributed by atoms with van der Waals surface area (Å²) in [5.41, 5.74) is 0. The number of hydrogen-bond acceptors (Lipinski definition) is 4. The number of nitrogens with zero attached hydrogens (tertiary/aromatic N) is 1. The first-order valence-electron chi connectivity index (χ1n) is 6.91. The molecule has 0 fully saturated rings. The van der Waals surface area contributed by atoms with Gasteiger partial charge in [0.25, 0.3) is 0 Å². The quantitative estimate of drug-likeness (QED) is 0.858. The van der Waals surface area contributed by atoms with E-state index < -0.39 is 5.82 Å². The number of halogens is 1. The van der Waals surface area contributed by atoms with Gasteiger partial charge in [0.05, 0.1) is 12.6 Å². The largest absolute Gasteiger partial charge is 0.486 e. The molecule has 7 heteroatoms. The van der Waals surface area contributed by atoms with Gasteiger partial charge in [0.15, 0.2) is 11.6 Å². The molecule has 1 aromatic carbocycles. The van der Waals surface area contributed by atoms with Crippen molar-refractivity contribution in [3.63, 3.8) is 0 Å². The maximum absolute atomic E-state index is 13.4. The number of aromatic nitrogens is 1. The lowest BCUT2D eigenvalue weighted by atomic mass is 10.3. The van der Waals surface area contributed by atoms with Crippen LogP contribution in [0.5, 0.6) is 5.75 Å². The van der Waals surface area contributed by atoms with Gasteiger partial charge < -0.3 is 15.4 Å². The minimum atomic E-state index is -0.420. The zero-order valence-corrected chi connectivity index (χ0v) is 13.2. The van der Waals surface area contributed by atoms with Crippen LogP contribution in [-0.2, 0) is 0 Å². The highest BCUT2D eigenvalue weighted by Crippen LogP contribution is 2.17. The molecule has 0 aliphatic rings. The fourth-order valence-corrected chi connectivity index (χ4v) is 2.44. The summed E-state index contributed by atoms with van der Waals surface area (Å²) in [6.07, 6.45) is 1.35. The molecule has 1 aromatic heterocycles. The lowest BCUT2D eigenvalue weighted by Gasteiger charge is -2.17. The molecule has 0 aliphatic heterocycles. The predicted octanol–water partition coefficient (Wildman–Crippen LogP) is 3.11. The maximum Gasteiger partial charge on any atom is 0.315 e. The van der Waals surface area contributed by atoms with Crippen molar-refractivity contribution < 1.29 is 13.9 Å². The van der Waals surface area contributed by atoms with Crippen LogP contribution in [0.25, 0.3) is 0 Å². The van der Waals surface area contributed by atoms with Gasteiger partial charge in [-0.1, -0.05) is 12.1 Å². The lowest BCUT2D eigenvalue weighted by molar-refractivity contribution is 0.200. The monoisotopic (exact) mass is 323 g/mol. The van der Waals surface area contributed by atoms with Gasteiger partial charge in [0.2, 0.25) is 0 Å². The first-order chi connectivity index (χ1) is 10.6. The second-order valence-corrected chi connectivity index (χ2v) is 5.73. The van der Waals surface area contributed by atoms with Crippen LogP contribution in [0.3, 0.4) is 0 Å². The molecule has 118 valence electrons. The summed E-state index contributed by atoms with van der Waals surface area (Å²) in [6.45, 7) is 3.89. The van der Waals surface area contributed by atoms with Gasteiger partial charge >= 0.3 is 6.03 Å². The van der Waals surface area contributed by atoms with Crippen molar-refractivity contribution in [3.05, 3.63) is 46.7 Å². The van der Waals surface area contributed by atoms with Crippen molar-refractivity contribution in [2.24, 2.45) is 0 Å². The van der Waals surface area contributed by atoms with Crippen LogP contribution in [-0.4, -0.2) is 23.7 Å². The number of para-hydroxylation sites is 1. The van der Waals surface area contributed by atoms with E-state index in [1.54, 1.807) is 31.3 Å². The second kappa shape index (κ2) is 7.74. The molecule has 2 rings (SSSR count). The molecular weight excluding hydrogens is 305 g/mol. The van der Waals surface area contributed by atoms with Crippen LogP contribution in [0.15, 0.2) is 35.8 Å². The third kappa shape index (κ3) is 4.70.